The molecule has 1 aliphatic rings. The van der Waals surface area contributed by atoms with Crippen LogP contribution in [0.15, 0.2) is 48.6 Å². The average molecular weight is 449 g/mol. The molecular formula is C25H33ClO5. The third-order valence-corrected chi connectivity index (χ3v) is 6.21. The monoisotopic (exact) mass is 448 g/mol. The van der Waals surface area contributed by atoms with Gasteiger partial charge < -0.3 is 20.1 Å². The molecule has 1 aromatic carbocycles. The van der Waals surface area contributed by atoms with Crippen LogP contribution in [0.2, 0.25) is 5.02 Å². The van der Waals surface area contributed by atoms with Crippen molar-refractivity contribution in [1.82, 2.24) is 0 Å². The van der Waals surface area contributed by atoms with E-state index >= 15 is 0 Å². The summed E-state index contributed by atoms with van der Waals surface area (Å²) in [5.41, 5.74) is 0.673. The van der Waals surface area contributed by atoms with E-state index in [4.69, 9.17) is 16.3 Å². The predicted molar refractivity (Wildman–Crippen MR) is 124 cm³/mol. The van der Waals surface area contributed by atoms with Crippen molar-refractivity contribution in [3.8, 4) is 5.75 Å². The molecule has 6 atom stereocenters. The van der Waals surface area contributed by atoms with Crippen LogP contribution in [0.25, 0.3) is 6.08 Å². The maximum Gasteiger partial charge on any atom is 0.330 e. The Labute approximate surface area is 189 Å². The largest absolute Gasteiger partial charge is 0.506 e. The molecular weight excluding hydrogens is 416 g/mol. The molecule has 31 heavy (non-hydrogen) atoms. The summed E-state index contributed by atoms with van der Waals surface area (Å²) in [5, 5.41) is 30.6. The summed E-state index contributed by atoms with van der Waals surface area (Å²) in [6, 6.07) is 4.99. The molecule has 3 N–H and O–H groups in total. The highest BCUT2D eigenvalue weighted by molar-refractivity contribution is 6.33. The van der Waals surface area contributed by atoms with E-state index in [2.05, 4.69) is 6.92 Å². The van der Waals surface area contributed by atoms with Gasteiger partial charge in [-0.25, -0.2) is 4.79 Å². The molecule has 2 rings (SSSR count). The number of allylic oxidation sites excluding steroid dienone is 2. The van der Waals surface area contributed by atoms with E-state index in [0.29, 0.717) is 12.0 Å². The first-order chi connectivity index (χ1) is 14.7. The molecule has 170 valence electrons. The lowest BCUT2D eigenvalue weighted by Crippen LogP contribution is -2.36. The first-order valence-corrected chi connectivity index (χ1v) is 11.2. The topological polar surface area (TPSA) is 87.0 Å². The van der Waals surface area contributed by atoms with Gasteiger partial charge >= 0.3 is 5.97 Å². The van der Waals surface area contributed by atoms with E-state index in [9.17, 15) is 20.1 Å². The van der Waals surface area contributed by atoms with Crippen LogP contribution in [-0.2, 0) is 9.53 Å². The summed E-state index contributed by atoms with van der Waals surface area (Å²) >= 11 is 6.02. The van der Waals surface area contributed by atoms with Crippen LogP contribution in [0.4, 0.5) is 0 Å². The molecule has 0 aromatic heterocycles. The maximum absolute atomic E-state index is 11.6. The lowest BCUT2D eigenvalue weighted by atomic mass is 9.81. The van der Waals surface area contributed by atoms with Crippen molar-refractivity contribution < 1.29 is 24.9 Å². The highest BCUT2D eigenvalue weighted by atomic mass is 35.5. The quantitative estimate of drug-likeness (QED) is 0.350. The molecule has 0 radical (unpaired) electrons. The molecule has 5 nitrogen and oxygen atoms in total. The van der Waals surface area contributed by atoms with Gasteiger partial charge in [-0.05, 0) is 36.3 Å². The van der Waals surface area contributed by atoms with Crippen molar-refractivity contribution in [2.75, 3.05) is 0 Å². The average Bonchev–Trinajstić information content (AvgIpc) is 2.73. The standard InChI is InChI=1S/C25H33ClO5/c1-4-18-12-13-23(30)31-25(18)17(3)14-16(2)22(29)15-20(27)10-6-5-8-19-9-7-11-21(28)24(19)26/h5-13,16-18,20,22,25,27-29H,4,14-15H2,1-3H3/b8-5-,10-6+/t16-,17-,18-,20-,22+,25-/m1/s1. The van der Waals surface area contributed by atoms with Crippen molar-refractivity contribution >= 4 is 23.6 Å². The number of ether oxygens (including phenoxy) is 1. The lowest BCUT2D eigenvalue weighted by Gasteiger charge is -2.33. The summed E-state index contributed by atoms with van der Waals surface area (Å²) in [4.78, 5) is 11.6. The van der Waals surface area contributed by atoms with Gasteiger partial charge in [0, 0.05) is 18.4 Å². The van der Waals surface area contributed by atoms with Gasteiger partial charge in [0.05, 0.1) is 17.2 Å². The second kappa shape index (κ2) is 12.1. The van der Waals surface area contributed by atoms with Crippen LogP contribution < -0.4 is 0 Å². The van der Waals surface area contributed by atoms with Gasteiger partial charge in [0.15, 0.2) is 0 Å². The number of hydrogen-bond donors (Lipinski definition) is 3. The number of aromatic hydroxyl groups is 1. The summed E-state index contributed by atoms with van der Waals surface area (Å²) < 4.78 is 5.53. The van der Waals surface area contributed by atoms with Crippen LogP contribution in [-0.4, -0.2) is 39.6 Å². The van der Waals surface area contributed by atoms with Crippen molar-refractivity contribution in [3.05, 3.63) is 59.2 Å². The minimum absolute atomic E-state index is 0.0171. The number of halogens is 1. The predicted octanol–water partition coefficient (Wildman–Crippen LogP) is 4.90. The van der Waals surface area contributed by atoms with Crippen LogP contribution in [0.3, 0.4) is 0 Å². The molecule has 1 aromatic rings. The number of hydrogen-bond acceptors (Lipinski definition) is 5. The second-order valence-corrected chi connectivity index (χ2v) is 8.70. The van der Waals surface area contributed by atoms with Crippen LogP contribution in [0.1, 0.15) is 45.6 Å². The van der Waals surface area contributed by atoms with E-state index in [1.54, 1.807) is 36.4 Å². The van der Waals surface area contributed by atoms with Gasteiger partial charge in [-0.2, -0.15) is 0 Å². The minimum atomic E-state index is -0.795. The molecule has 0 fully saturated rings. The second-order valence-electron chi connectivity index (χ2n) is 8.32. The van der Waals surface area contributed by atoms with Crippen molar-refractivity contribution in [1.29, 1.82) is 0 Å². The molecule has 0 bridgehead atoms. The van der Waals surface area contributed by atoms with E-state index in [1.165, 1.54) is 12.1 Å². The number of benzene rings is 1. The Hall–Kier alpha value is -2.08. The van der Waals surface area contributed by atoms with E-state index in [-0.39, 0.29) is 47.0 Å². The molecule has 0 spiro atoms. The molecule has 0 amide bonds. The fourth-order valence-corrected chi connectivity index (χ4v) is 4.12. The molecule has 6 heteroatoms. The molecule has 1 aliphatic heterocycles. The third kappa shape index (κ3) is 7.53. The number of cyclic esters (lactones) is 1. The molecule has 0 unspecified atom stereocenters. The van der Waals surface area contributed by atoms with Gasteiger partial charge in [0.2, 0.25) is 0 Å². The van der Waals surface area contributed by atoms with Crippen LogP contribution in [0, 0.1) is 17.8 Å². The number of carbonyl (C=O) groups excluding carboxylic acids is 1. The van der Waals surface area contributed by atoms with Crippen LogP contribution >= 0.6 is 11.6 Å². The number of rotatable bonds is 10. The Balaban J connectivity index is 1.84. The Morgan fingerprint density at radius 3 is 2.65 bits per heavy atom. The summed E-state index contributed by atoms with van der Waals surface area (Å²) in [6.45, 7) is 6.05. The minimum Gasteiger partial charge on any atom is -0.506 e. The van der Waals surface area contributed by atoms with Gasteiger partial charge in [-0.3, -0.25) is 0 Å². The van der Waals surface area contributed by atoms with E-state index in [0.717, 1.165) is 6.42 Å². The first-order valence-electron chi connectivity index (χ1n) is 10.8. The fourth-order valence-electron chi connectivity index (χ4n) is 3.93. The fraction of sp³-hybridized carbons (Fsp3) is 0.480. The van der Waals surface area contributed by atoms with Crippen molar-refractivity contribution in [3.63, 3.8) is 0 Å². The van der Waals surface area contributed by atoms with Gasteiger partial charge in [-0.1, -0.05) is 74.9 Å². The molecule has 0 saturated carbocycles. The number of carbonyl (C=O) groups is 1. The highest BCUT2D eigenvalue weighted by Crippen LogP contribution is 2.31. The van der Waals surface area contributed by atoms with Crippen molar-refractivity contribution in [2.24, 2.45) is 17.8 Å². The highest BCUT2D eigenvalue weighted by Gasteiger charge is 2.32. The van der Waals surface area contributed by atoms with Crippen LogP contribution in [0.5, 0.6) is 5.75 Å². The number of esters is 1. The van der Waals surface area contributed by atoms with E-state index in [1.807, 2.05) is 19.9 Å². The number of phenolic OH excluding ortho intramolecular Hbond substituents is 1. The SMILES string of the molecule is CC[C@@H]1C=CC(=O)O[C@@H]1[C@H](C)C[C@@H](C)[C@@H](O)C[C@H](O)/C=C/C=C\c1cccc(O)c1Cl. The Bertz CT molecular complexity index is 816. The van der Waals surface area contributed by atoms with Gasteiger partial charge in [0.25, 0.3) is 0 Å². The Morgan fingerprint density at radius 2 is 1.94 bits per heavy atom. The summed E-state index contributed by atoms with van der Waals surface area (Å²) in [7, 11) is 0. The van der Waals surface area contributed by atoms with Gasteiger partial charge in [-0.15, -0.1) is 0 Å². The zero-order valence-electron chi connectivity index (χ0n) is 18.3. The Kier molecular flexibility index (Phi) is 9.82. The maximum atomic E-state index is 11.6. The van der Waals surface area contributed by atoms with Crippen molar-refractivity contribution in [2.45, 2.75) is 58.3 Å². The first kappa shape index (κ1) is 25.2. The van der Waals surface area contributed by atoms with Gasteiger partial charge in [0.1, 0.15) is 11.9 Å². The molecule has 0 saturated heterocycles. The Morgan fingerprint density at radius 1 is 1.19 bits per heavy atom. The summed E-state index contributed by atoms with van der Waals surface area (Å²) in [6.07, 6.45) is 10.3. The molecule has 1 heterocycles. The van der Waals surface area contributed by atoms with E-state index < -0.39 is 12.2 Å². The smallest absolute Gasteiger partial charge is 0.330 e. The normalized spacial score (nSPS) is 23.1. The lowest BCUT2D eigenvalue weighted by molar-refractivity contribution is -0.150. The summed E-state index contributed by atoms with van der Waals surface area (Å²) in [5.74, 6) is -0.0517. The molecule has 0 aliphatic carbocycles. The zero-order chi connectivity index (χ0) is 23.0. The number of aliphatic hydroxyl groups is 2. The number of phenols is 1. The third-order valence-electron chi connectivity index (χ3n) is 5.80. The number of aliphatic hydroxyl groups excluding tert-OH is 2. The zero-order valence-corrected chi connectivity index (χ0v) is 19.1.